The Bertz CT molecular complexity index is 529. The SMILES string of the molecule is CCCCCCCCCCCCC(C)OC(C(=O)O)([N+](C)(C)C)S(=O)(=O)O. The molecule has 0 heterocycles. The van der Waals surface area contributed by atoms with Crippen LogP contribution >= 0.6 is 0 Å². The second-order valence-corrected chi connectivity index (χ2v) is 9.78. The van der Waals surface area contributed by atoms with Crippen molar-refractivity contribution in [1.82, 2.24) is 0 Å². The van der Waals surface area contributed by atoms with Gasteiger partial charge in [0, 0.05) is 0 Å². The van der Waals surface area contributed by atoms with E-state index in [9.17, 15) is 22.9 Å². The Kier molecular flexibility index (Phi) is 11.7. The summed E-state index contributed by atoms with van der Waals surface area (Å²) in [5.74, 6) is -1.72. The highest BCUT2D eigenvalue weighted by Crippen LogP contribution is 2.30. The van der Waals surface area contributed by atoms with Gasteiger partial charge in [-0.05, 0) is 13.3 Å². The van der Waals surface area contributed by atoms with Gasteiger partial charge in [-0.3, -0.25) is 9.04 Å². The van der Waals surface area contributed by atoms with E-state index in [0.717, 1.165) is 19.3 Å². The first-order chi connectivity index (χ1) is 12.4. The lowest BCUT2D eigenvalue weighted by Gasteiger charge is -2.40. The highest BCUT2D eigenvalue weighted by Gasteiger charge is 2.64. The van der Waals surface area contributed by atoms with Crippen LogP contribution in [0.15, 0.2) is 0 Å². The van der Waals surface area contributed by atoms with E-state index in [-0.39, 0.29) is 0 Å². The molecule has 7 nitrogen and oxygen atoms in total. The zero-order chi connectivity index (χ0) is 21.1. The van der Waals surface area contributed by atoms with Crippen molar-refractivity contribution in [1.29, 1.82) is 0 Å². The van der Waals surface area contributed by atoms with Gasteiger partial charge in [-0.2, -0.15) is 8.42 Å². The number of quaternary nitrogens is 1. The van der Waals surface area contributed by atoms with Gasteiger partial charge in [0.05, 0.1) is 27.2 Å². The lowest BCUT2D eigenvalue weighted by molar-refractivity contribution is -0.923. The fourth-order valence-electron chi connectivity index (χ4n) is 3.26. The molecule has 2 unspecified atom stereocenters. The zero-order valence-electron chi connectivity index (χ0n) is 17.7. The maximum atomic E-state index is 11.9. The van der Waals surface area contributed by atoms with E-state index in [1.54, 1.807) is 6.92 Å². The average Bonchev–Trinajstić information content (AvgIpc) is 2.51. The Balaban J connectivity index is 4.38. The summed E-state index contributed by atoms with van der Waals surface area (Å²) in [6.07, 6.45) is 11.8. The molecule has 162 valence electrons. The van der Waals surface area contributed by atoms with Gasteiger partial charge in [-0.25, -0.2) is 4.79 Å². The summed E-state index contributed by atoms with van der Waals surface area (Å²) in [4.78, 5) is 11.7. The summed E-state index contributed by atoms with van der Waals surface area (Å²) >= 11 is 0. The Morgan fingerprint density at radius 1 is 0.963 bits per heavy atom. The number of aliphatic carboxylic acids is 1. The molecule has 8 heteroatoms. The number of rotatable bonds is 16. The largest absolute Gasteiger partial charge is 0.474 e. The number of hydrogen-bond donors (Lipinski definition) is 2. The van der Waals surface area contributed by atoms with E-state index >= 15 is 0 Å². The third kappa shape index (κ3) is 8.46. The van der Waals surface area contributed by atoms with Crippen molar-refractivity contribution in [3.63, 3.8) is 0 Å². The summed E-state index contributed by atoms with van der Waals surface area (Å²) in [5.41, 5.74) is 0. The number of unbranched alkanes of at least 4 members (excludes halogenated alkanes) is 9. The van der Waals surface area contributed by atoms with Crippen LogP contribution in [0, 0.1) is 0 Å². The third-order valence-electron chi connectivity index (χ3n) is 4.83. The predicted molar refractivity (Wildman–Crippen MR) is 107 cm³/mol. The van der Waals surface area contributed by atoms with E-state index in [0.29, 0.717) is 6.42 Å². The molecule has 0 aliphatic heterocycles. The Morgan fingerprint density at radius 2 is 1.37 bits per heavy atom. The highest BCUT2D eigenvalue weighted by atomic mass is 32.2. The summed E-state index contributed by atoms with van der Waals surface area (Å²) in [7, 11) is -0.870. The number of carboxylic acids is 1. The van der Waals surface area contributed by atoms with Crippen molar-refractivity contribution >= 4 is 16.1 Å². The normalized spacial score (nSPS) is 16.1. The van der Waals surface area contributed by atoms with E-state index in [4.69, 9.17) is 4.74 Å². The number of hydrogen-bond acceptors (Lipinski definition) is 4. The molecule has 0 rings (SSSR count). The summed E-state index contributed by atoms with van der Waals surface area (Å²) in [6, 6.07) is 0. The predicted octanol–water partition coefficient (Wildman–Crippen LogP) is 4.03. The molecule has 0 aromatic carbocycles. The standard InChI is InChI=1S/C19H39NO6S/c1-6-7-8-9-10-11-12-13-14-15-16-17(2)26-19(18(21)22,20(3,4)5)27(23,24)25/h17H,6-16H2,1-5H3,(H-,21,22,23,24,25)/p+1. The number of likely N-dealkylation sites (N-methyl/N-ethyl adjacent to an activating group) is 1. The minimum absolute atomic E-state index is 0.543. The molecule has 0 fully saturated rings. The number of carboxylic acid groups (broad SMARTS) is 1. The Labute approximate surface area is 165 Å². The van der Waals surface area contributed by atoms with Crippen molar-refractivity contribution in [2.45, 2.75) is 95.6 Å². The van der Waals surface area contributed by atoms with Gasteiger partial charge in [0.15, 0.2) is 0 Å². The second-order valence-electron chi connectivity index (χ2n) is 8.27. The molecule has 0 aromatic heterocycles. The quantitative estimate of drug-likeness (QED) is 0.172. The van der Waals surface area contributed by atoms with Crippen LogP contribution in [0.4, 0.5) is 0 Å². The highest BCUT2D eigenvalue weighted by molar-refractivity contribution is 7.87. The van der Waals surface area contributed by atoms with Gasteiger partial charge in [0.25, 0.3) is 0 Å². The van der Waals surface area contributed by atoms with Crippen LogP contribution < -0.4 is 0 Å². The molecule has 0 saturated heterocycles. The van der Waals surface area contributed by atoms with Gasteiger partial charge >= 0.3 is 21.1 Å². The van der Waals surface area contributed by atoms with Gasteiger partial charge in [0.1, 0.15) is 0 Å². The second kappa shape index (κ2) is 12.0. The third-order valence-corrected chi connectivity index (χ3v) is 6.35. The van der Waals surface area contributed by atoms with Gasteiger partial charge < -0.3 is 9.84 Å². The molecule has 2 N–H and O–H groups in total. The van der Waals surface area contributed by atoms with E-state index < -0.39 is 31.7 Å². The molecular formula is C19H40NO6S+. The van der Waals surface area contributed by atoms with Crippen LogP contribution in [0.5, 0.6) is 0 Å². The van der Waals surface area contributed by atoms with E-state index in [2.05, 4.69) is 6.92 Å². The maximum absolute atomic E-state index is 11.9. The monoisotopic (exact) mass is 410 g/mol. The van der Waals surface area contributed by atoms with Gasteiger partial charge in [-0.1, -0.05) is 71.1 Å². The van der Waals surface area contributed by atoms with Gasteiger partial charge in [-0.15, -0.1) is 0 Å². The zero-order valence-corrected chi connectivity index (χ0v) is 18.6. The summed E-state index contributed by atoms with van der Waals surface area (Å²) in [5, 5.41) is 6.78. The summed E-state index contributed by atoms with van der Waals surface area (Å²) < 4.78 is 38.1. The minimum Gasteiger partial charge on any atom is -0.474 e. The molecule has 0 aliphatic rings. The Morgan fingerprint density at radius 3 is 1.70 bits per heavy atom. The van der Waals surface area contributed by atoms with Crippen LogP contribution in [0.2, 0.25) is 0 Å². The van der Waals surface area contributed by atoms with E-state index in [1.165, 1.54) is 66.1 Å². The minimum atomic E-state index is -4.98. The molecule has 0 bridgehead atoms. The van der Waals surface area contributed by atoms with Crippen LogP contribution in [0.1, 0.15) is 84.5 Å². The fraction of sp³-hybridized carbons (Fsp3) is 0.947. The number of nitrogens with zero attached hydrogens (tertiary/aromatic N) is 1. The molecule has 27 heavy (non-hydrogen) atoms. The number of ether oxygens (including phenoxy) is 1. The number of carbonyl (C=O) groups is 1. The molecule has 0 aliphatic carbocycles. The van der Waals surface area contributed by atoms with E-state index in [1.807, 2.05) is 0 Å². The topological polar surface area (TPSA) is 101 Å². The summed E-state index contributed by atoms with van der Waals surface area (Å²) in [6.45, 7) is 3.86. The van der Waals surface area contributed by atoms with Crippen molar-refractivity contribution in [3.05, 3.63) is 0 Å². The molecule has 0 aromatic rings. The van der Waals surface area contributed by atoms with Crippen molar-refractivity contribution in [2.75, 3.05) is 21.1 Å². The van der Waals surface area contributed by atoms with Crippen LogP contribution in [0.3, 0.4) is 0 Å². The van der Waals surface area contributed by atoms with Crippen molar-refractivity contribution in [3.8, 4) is 0 Å². The molecule has 0 saturated carbocycles. The molecule has 0 radical (unpaired) electrons. The molecule has 0 amide bonds. The molecule has 0 spiro atoms. The van der Waals surface area contributed by atoms with Crippen LogP contribution in [-0.2, 0) is 19.6 Å². The molecular weight excluding hydrogens is 370 g/mol. The fourth-order valence-corrected chi connectivity index (χ4v) is 4.46. The first-order valence-corrected chi connectivity index (χ1v) is 11.5. The van der Waals surface area contributed by atoms with Crippen LogP contribution in [-0.4, -0.2) is 60.8 Å². The lowest BCUT2D eigenvalue weighted by Crippen LogP contribution is -2.68. The average molecular weight is 411 g/mol. The smallest absolute Gasteiger partial charge is 0.430 e. The first kappa shape index (κ1) is 26.3. The van der Waals surface area contributed by atoms with Crippen LogP contribution in [0.25, 0.3) is 0 Å². The van der Waals surface area contributed by atoms with Crippen molar-refractivity contribution < 1.29 is 32.1 Å². The van der Waals surface area contributed by atoms with Gasteiger partial charge in [0.2, 0.25) is 0 Å². The first-order valence-electron chi connectivity index (χ1n) is 10.1. The maximum Gasteiger partial charge on any atom is 0.430 e. The molecule has 2 atom stereocenters. The Hall–Kier alpha value is -0.700. The lowest BCUT2D eigenvalue weighted by atomic mass is 10.0. The van der Waals surface area contributed by atoms with Crippen molar-refractivity contribution in [2.24, 2.45) is 0 Å².